The number of carbonyl (C=O) groups excluding carboxylic acids is 1. The van der Waals surface area contributed by atoms with E-state index in [1.165, 1.54) is 11.3 Å². The summed E-state index contributed by atoms with van der Waals surface area (Å²) in [6, 6.07) is 11.3. The highest BCUT2D eigenvalue weighted by Crippen LogP contribution is 2.02. The van der Waals surface area contributed by atoms with Crippen molar-refractivity contribution in [2.24, 2.45) is 0 Å². The Morgan fingerprint density at radius 2 is 2.11 bits per heavy atom. The first-order valence-corrected chi connectivity index (χ1v) is 8.10. The lowest BCUT2D eigenvalue weighted by atomic mass is 10.4. The Hall–Kier alpha value is -1.39. The molecule has 0 aromatic heterocycles. The van der Waals surface area contributed by atoms with Gasteiger partial charge in [-0.15, -0.1) is 0 Å². The molecule has 1 aromatic rings. The van der Waals surface area contributed by atoms with E-state index in [0.717, 1.165) is 19.1 Å². The zero-order chi connectivity index (χ0) is 13.2. The Morgan fingerprint density at radius 3 is 2.72 bits per heavy atom. The van der Waals surface area contributed by atoms with Crippen molar-refractivity contribution in [1.29, 1.82) is 0 Å². The third-order valence-corrected chi connectivity index (χ3v) is 5.36. The number of benzene rings is 1. The lowest BCUT2D eigenvalue weighted by Gasteiger charge is -2.15. The lowest BCUT2D eigenvalue weighted by Crippen LogP contribution is -2.33. The van der Waals surface area contributed by atoms with Gasteiger partial charge in [-0.1, -0.05) is 36.9 Å². The van der Waals surface area contributed by atoms with Crippen molar-refractivity contribution in [3.8, 4) is 0 Å². The average molecular weight is 264 g/mol. The molecule has 0 aliphatic carbocycles. The number of hydrogen-bond donors (Lipinski definition) is 0. The van der Waals surface area contributed by atoms with E-state index in [1.807, 2.05) is 25.1 Å². The Balaban J connectivity index is 2.39. The van der Waals surface area contributed by atoms with Crippen LogP contribution in [0.2, 0.25) is 6.04 Å². The molecule has 0 bridgehead atoms. The molecule has 0 spiro atoms. The molecule has 1 aromatic carbocycles. The molecule has 1 unspecified atom stereocenters. The zero-order valence-corrected chi connectivity index (χ0v) is 12.0. The molecule has 0 saturated heterocycles. The molecule has 0 N–H and O–H groups in total. The van der Waals surface area contributed by atoms with E-state index in [4.69, 9.17) is 9.16 Å². The number of ether oxygens (including phenoxy) is 1. The maximum absolute atomic E-state index is 10.9. The predicted octanol–water partition coefficient (Wildman–Crippen LogP) is 1.77. The van der Waals surface area contributed by atoms with Gasteiger partial charge in [0.1, 0.15) is 0 Å². The van der Waals surface area contributed by atoms with Gasteiger partial charge in [0.25, 0.3) is 0 Å². The minimum Gasteiger partial charge on any atom is -0.463 e. The summed E-state index contributed by atoms with van der Waals surface area (Å²) in [6.45, 7) is 6.55. The van der Waals surface area contributed by atoms with E-state index < -0.39 is 9.04 Å². The second-order valence-electron chi connectivity index (χ2n) is 3.87. The van der Waals surface area contributed by atoms with Gasteiger partial charge in [0.2, 0.25) is 9.04 Å². The van der Waals surface area contributed by atoms with Gasteiger partial charge in [0, 0.05) is 12.7 Å². The minimum absolute atomic E-state index is 0.357. The van der Waals surface area contributed by atoms with Gasteiger partial charge < -0.3 is 9.16 Å². The van der Waals surface area contributed by atoms with Crippen LogP contribution in [0.3, 0.4) is 0 Å². The predicted molar refractivity (Wildman–Crippen MR) is 75.4 cm³/mol. The molecular formula is C14H20O3Si. The molecule has 0 heterocycles. The van der Waals surface area contributed by atoms with E-state index >= 15 is 0 Å². The molecule has 1 rings (SSSR count). The Labute approximate surface area is 110 Å². The summed E-state index contributed by atoms with van der Waals surface area (Å²) < 4.78 is 10.8. The molecule has 98 valence electrons. The monoisotopic (exact) mass is 264 g/mol. The van der Waals surface area contributed by atoms with Gasteiger partial charge >= 0.3 is 5.97 Å². The van der Waals surface area contributed by atoms with Crippen molar-refractivity contribution in [2.75, 3.05) is 13.2 Å². The molecule has 3 nitrogen and oxygen atoms in total. The first-order valence-electron chi connectivity index (χ1n) is 6.23. The fraction of sp³-hybridized carbons (Fsp3) is 0.357. The summed E-state index contributed by atoms with van der Waals surface area (Å²) in [5.74, 6) is -0.357. The number of carbonyl (C=O) groups is 1. The Morgan fingerprint density at radius 1 is 1.39 bits per heavy atom. The lowest BCUT2D eigenvalue weighted by molar-refractivity contribution is -0.137. The maximum atomic E-state index is 10.9. The van der Waals surface area contributed by atoms with Crippen LogP contribution in [0.1, 0.15) is 13.3 Å². The number of hydrogen-bond acceptors (Lipinski definition) is 3. The van der Waals surface area contributed by atoms with Gasteiger partial charge in [0.15, 0.2) is 0 Å². The van der Waals surface area contributed by atoms with Crippen LogP contribution in [0.25, 0.3) is 0 Å². The van der Waals surface area contributed by atoms with Crippen LogP contribution in [0.15, 0.2) is 43.0 Å². The largest absolute Gasteiger partial charge is 0.463 e. The van der Waals surface area contributed by atoms with Crippen molar-refractivity contribution in [3.05, 3.63) is 43.0 Å². The first-order chi connectivity index (χ1) is 8.77. The quantitative estimate of drug-likeness (QED) is 0.311. The van der Waals surface area contributed by atoms with Gasteiger partial charge in [-0.2, -0.15) is 0 Å². The van der Waals surface area contributed by atoms with Gasteiger partial charge in [-0.05, 0) is 24.6 Å². The SMILES string of the molecule is C=CC(=O)OCCC[SiH](OCC)c1ccccc1. The Kier molecular flexibility index (Phi) is 7.06. The van der Waals surface area contributed by atoms with E-state index in [9.17, 15) is 4.79 Å². The summed E-state index contributed by atoms with van der Waals surface area (Å²) in [4.78, 5) is 10.9. The summed E-state index contributed by atoms with van der Waals surface area (Å²) in [5.41, 5.74) is 0. The molecule has 0 radical (unpaired) electrons. The molecule has 0 amide bonds. The molecule has 0 aliphatic rings. The summed E-state index contributed by atoms with van der Waals surface area (Å²) in [6.07, 6.45) is 2.03. The van der Waals surface area contributed by atoms with Crippen LogP contribution >= 0.6 is 0 Å². The normalized spacial score (nSPS) is 11.8. The van der Waals surface area contributed by atoms with E-state index in [0.29, 0.717) is 6.61 Å². The summed E-state index contributed by atoms with van der Waals surface area (Å²) in [5, 5.41) is 1.30. The Bertz CT molecular complexity index is 365. The van der Waals surface area contributed by atoms with E-state index in [-0.39, 0.29) is 5.97 Å². The summed E-state index contributed by atoms with van der Waals surface area (Å²) in [7, 11) is -1.38. The van der Waals surface area contributed by atoms with Crippen LogP contribution in [0, 0.1) is 0 Å². The van der Waals surface area contributed by atoms with Crippen molar-refractivity contribution in [3.63, 3.8) is 0 Å². The van der Waals surface area contributed by atoms with Gasteiger partial charge in [-0.25, -0.2) is 4.79 Å². The van der Waals surface area contributed by atoms with Crippen molar-refractivity contribution < 1.29 is 14.0 Å². The second-order valence-corrected chi connectivity index (χ2v) is 6.42. The topological polar surface area (TPSA) is 35.5 Å². The van der Waals surface area contributed by atoms with Crippen LogP contribution in [-0.4, -0.2) is 28.2 Å². The van der Waals surface area contributed by atoms with E-state index in [1.54, 1.807) is 0 Å². The molecule has 4 heteroatoms. The fourth-order valence-electron chi connectivity index (χ4n) is 1.72. The minimum atomic E-state index is -1.38. The first kappa shape index (κ1) is 14.7. The van der Waals surface area contributed by atoms with Crippen molar-refractivity contribution >= 4 is 20.2 Å². The van der Waals surface area contributed by atoms with Gasteiger partial charge in [-0.3, -0.25) is 0 Å². The fourth-order valence-corrected chi connectivity index (χ4v) is 4.00. The third kappa shape index (κ3) is 5.29. The van der Waals surface area contributed by atoms with Crippen LogP contribution < -0.4 is 5.19 Å². The molecule has 0 saturated carbocycles. The molecule has 18 heavy (non-hydrogen) atoms. The third-order valence-electron chi connectivity index (χ3n) is 2.56. The van der Waals surface area contributed by atoms with Crippen LogP contribution in [0.4, 0.5) is 0 Å². The highest BCUT2D eigenvalue weighted by Gasteiger charge is 2.13. The highest BCUT2D eigenvalue weighted by molar-refractivity contribution is 6.67. The highest BCUT2D eigenvalue weighted by atomic mass is 28.3. The molecule has 0 aliphatic heterocycles. The van der Waals surface area contributed by atoms with Crippen molar-refractivity contribution in [2.45, 2.75) is 19.4 Å². The second kappa shape index (κ2) is 8.66. The average Bonchev–Trinajstić information content (AvgIpc) is 2.43. The molecule has 0 fully saturated rings. The number of rotatable bonds is 8. The summed E-state index contributed by atoms with van der Waals surface area (Å²) >= 11 is 0. The van der Waals surface area contributed by atoms with E-state index in [2.05, 4.69) is 18.7 Å². The maximum Gasteiger partial charge on any atom is 0.330 e. The zero-order valence-electron chi connectivity index (χ0n) is 10.8. The standard InChI is InChI=1S/C14H20O3Si/c1-3-14(15)16-11-8-12-18(17-4-2)13-9-6-5-7-10-13/h3,5-7,9-10,18H,1,4,8,11-12H2,2H3. The van der Waals surface area contributed by atoms with Crippen molar-refractivity contribution in [1.82, 2.24) is 0 Å². The molecule has 1 atom stereocenters. The molecular weight excluding hydrogens is 244 g/mol. The van der Waals surface area contributed by atoms with Crippen LogP contribution in [0.5, 0.6) is 0 Å². The van der Waals surface area contributed by atoms with Crippen LogP contribution in [-0.2, 0) is 14.0 Å². The number of esters is 1. The smallest absolute Gasteiger partial charge is 0.330 e. The van der Waals surface area contributed by atoms with Gasteiger partial charge in [0.05, 0.1) is 6.61 Å².